The van der Waals surface area contributed by atoms with Crippen LogP contribution in [0.2, 0.25) is 0 Å². The molecule has 1 unspecified atom stereocenters. The fraction of sp³-hybridized carbons (Fsp3) is 0.786. The highest BCUT2D eigenvalue weighted by molar-refractivity contribution is 7.15. The number of anilines is 1. The topological polar surface area (TPSA) is 39.6 Å². The first-order valence-electron chi connectivity index (χ1n) is 7.16. The zero-order valence-corrected chi connectivity index (χ0v) is 13.0. The Bertz CT molecular complexity index is 405. The number of nitrogens with zero attached hydrogens (tertiary/aromatic N) is 3. The highest BCUT2D eigenvalue weighted by Gasteiger charge is 2.24. The van der Waals surface area contributed by atoms with Gasteiger partial charge in [0.2, 0.25) is 0 Å². The van der Waals surface area contributed by atoms with Crippen LogP contribution in [-0.4, -0.2) is 48.2 Å². The molecule has 1 aliphatic rings. The van der Waals surface area contributed by atoms with E-state index in [4.69, 9.17) is 4.98 Å². The molecule has 1 fully saturated rings. The van der Waals surface area contributed by atoms with E-state index in [1.165, 1.54) is 12.8 Å². The van der Waals surface area contributed by atoms with E-state index in [1.807, 2.05) is 0 Å². The summed E-state index contributed by atoms with van der Waals surface area (Å²) in [6.45, 7) is 4.42. The second-order valence-electron chi connectivity index (χ2n) is 5.48. The van der Waals surface area contributed by atoms with Gasteiger partial charge in [-0.25, -0.2) is 4.98 Å². The van der Waals surface area contributed by atoms with Crippen LogP contribution in [0.3, 0.4) is 0 Å². The molecule has 0 amide bonds. The fourth-order valence-electron chi connectivity index (χ4n) is 2.61. The van der Waals surface area contributed by atoms with E-state index < -0.39 is 0 Å². The lowest BCUT2D eigenvalue weighted by atomic mass is 10.1. The maximum Gasteiger partial charge on any atom is 0.185 e. The second kappa shape index (κ2) is 6.68. The summed E-state index contributed by atoms with van der Waals surface area (Å²) in [5.41, 5.74) is 1.09. The smallest absolute Gasteiger partial charge is 0.185 e. The Morgan fingerprint density at radius 1 is 1.47 bits per heavy atom. The van der Waals surface area contributed by atoms with E-state index in [0.717, 1.165) is 41.6 Å². The van der Waals surface area contributed by atoms with Gasteiger partial charge in [0, 0.05) is 19.1 Å². The minimum atomic E-state index is 0.123. The van der Waals surface area contributed by atoms with E-state index in [1.54, 1.807) is 11.3 Å². The summed E-state index contributed by atoms with van der Waals surface area (Å²) in [5, 5.41) is 10.5. The maximum atomic E-state index is 9.44. The minimum Gasteiger partial charge on any atom is -0.391 e. The van der Waals surface area contributed by atoms with Crippen LogP contribution in [0.25, 0.3) is 0 Å². The zero-order valence-electron chi connectivity index (χ0n) is 12.2. The first-order valence-corrected chi connectivity index (χ1v) is 7.98. The molecule has 0 aromatic carbocycles. The van der Waals surface area contributed by atoms with E-state index in [9.17, 15) is 5.11 Å². The van der Waals surface area contributed by atoms with Gasteiger partial charge in [0.1, 0.15) is 0 Å². The van der Waals surface area contributed by atoms with Gasteiger partial charge in [0.25, 0.3) is 0 Å². The Morgan fingerprint density at radius 2 is 2.26 bits per heavy atom. The molecule has 108 valence electrons. The predicted molar refractivity (Wildman–Crippen MR) is 81.0 cm³/mol. The van der Waals surface area contributed by atoms with E-state index in [0.29, 0.717) is 6.04 Å². The maximum absolute atomic E-state index is 9.44. The Hall–Kier alpha value is -0.650. The summed E-state index contributed by atoms with van der Waals surface area (Å²) < 4.78 is 0. The number of aromatic nitrogens is 1. The van der Waals surface area contributed by atoms with Crippen molar-refractivity contribution in [1.82, 2.24) is 9.88 Å². The van der Waals surface area contributed by atoms with Crippen molar-refractivity contribution in [3.63, 3.8) is 0 Å². The van der Waals surface area contributed by atoms with Crippen molar-refractivity contribution in [3.05, 3.63) is 10.6 Å². The Morgan fingerprint density at radius 3 is 2.89 bits per heavy atom. The lowest BCUT2D eigenvalue weighted by Gasteiger charge is -2.35. The van der Waals surface area contributed by atoms with Crippen molar-refractivity contribution in [3.8, 4) is 0 Å². The molecule has 0 bridgehead atoms. The quantitative estimate of drug-likeness (QED) is 0.898. The Labute approximate surface area is 120 Å². The number of likely N-dealkylation sites (N-methyl/N-ethyl adjacent to an activating group) is 1. The SMILES string of the molecule is CCCc1nc(N2CCCC(N(C)C)C2)sc1CO. The third-order valence-electron chi connectivity index (χ3n) is 3.79. The molecule has 0 aliphatic carbocycles. The first-order chi connectivity index (χ1) is 9.15. The van der Waals surface area contributed by atoms with E-state index in [-0.39, 0.29) is 6.61 Å². The Balaban J connectivity index is 2.12. The fourth-order valence-corrected chi connectivity index (χ4v) is 3.61. The van der Waals surface area contributed by atoms with E-state index in [2.05, 4.69) is 30.8 Å². The third-order valence-corrected chi connectivity index (χ3v) is 4.94. The summed E-state index contributed by atoms with van der Waals surface area (Å²) in [6, 6.07) is 0.616. The number of aliphatic hydroxyl groups is 1. The molecule has 0 spiro atoms. The number of rotatable bonds is 5. The zero-order chi connectivity index (χ0) is 13.8. The van der Waals surface area contributed by atoms with Crippen LogP contribution in [-0.2, 0) is 13.0 Å². The standard InChI is InChI=1S/C14H25N3OS/c1-4-6-12-13(10-18)19-14(15-12)17-8-5-7-11(9-17)16(2)3/h11,18H,4-10H2,1-3H3. The third kappa shape index (κ3) is 3.46. The molecule has 4 nitrogen and oxygen atoms in total. The molecule has 19 heavy (non-hydrogen) atoms. The van der Waals surface area contributed by atoms with Crippen LogP contribution in [0.5, 0.6) is 0 Å². The molecule has 0 saturated carbocycles. The minimum absolute atomic E-state index is 0.123. The van der Waals surface area contributed by atoms with Gasteiger partial charge in [-0.1, -0.05) is 24.7 Å². The van der Waals surface area contributed by atoms with Crippen molar-refractivity contribution in [2.45, 2.75) is 45.3 Å². The van der Waals surface area contributed by atoms with Crippen molar-refractivity contribution in [2.75, 3.05) is 32.1 Å². The van der Waals surface area contributed by atoms with Crippen LogP contribution >= 0.6 is 11.3 Å². The second-order valence-corrected chi connectivity index (χ2v) is 6.54. The number of aliphatic hydroxyl groups excluding tert-OH is 1. The number of aryl methyl sites for hydroxylation is 1. The summed E-state index contributed by atoms with van der Waals surface area (Å²) >= 11 is 1.67. The molecule has 0 radical (unpaired) electrons. The summed E-state index contributed by atoms with van der Waals surface area (Å²) in [7, 11) is 4.30. The largest absolute Gasteiger partial charge is 0.391 e. The molecule has 5 heteroatoms. The van der Waals surface area contributed by atoms with Crippen LogP contribution in [0, 0.1) is 0 Å². The van der Waals surface area contributed by atoms with Crippen LogP contribution in [0.1, 0.15) is 36.8 Å². The van der Waals surface area contributed by atoms with Crippen molar-refractivity contribution in [1.29, 1.82) is 0 Å². The number of piperidine rings is 1. The number of hydrogen-bond acceptors (Lipinski definition) is 5. The summed E-state index contributed by atoms with van der Waals surface area (Å²) in [5.74, 6) is 0. The summed E-state index contributed by atoms with van der Waals surface area (Å²) in [6.07, 6.45) is 4.54. The molecule has 1 aromatic heterocycles. The molecule has 2 rings (SSSR count). The molecule has 1 aromatic rings. The molecule has 1 saturated heterocycles. The molecular weight excluding hydrogens is 258 g/mol. The van der Waals surface area contributed by atoms with E-state index >= 15 is 0 Å². The molecule has 1 atom stereocenters. The van der Waals surface area contributed by atoms with Crippen LogP contribution in [0.15, 0.2) is 0 Å². The van der Waals surface area contributed by atoms with Crippen molar-refractivity contribution >= 4 is 16.5 Å². The average molecular weight is 283 g/mol. The van der Waals surface area contributed by atoms with Gasteiger partial charge in [0.05, 0.1) is 17.2 Å². The van der Waals surface area contributed by atoms with Gasteiger partial charge < -0.3 is 14.9 Å². The van der Waals surface area contributed by atoms with Gasteiger partial charge in [-0.05, 0) is 33.4 Å². The van der Waals surface area contributed by atoms with Crippen molar-refractivity contribution < 1.29 is 5.11 Å². The molecule has 1 N–H and O–H groups in total. The molecular formula is C14H25N3OS. The predicted octanol–water partition coefficient (Wildman–Crippen LogP) is 2.12. The van der Waals surface area contributed by atoms with Gasteiger partial charge in [0.15, 0.2) is 5.13 Å². The van der Waals surface area contributed by atoms with Gasteiger partial charge in [-0.15, -0.1) is 0 Å². The van der Waals surface area contributed by atoms with Crippen LogP contribution < -0.4 is 4.90 Å². The van der Waals surface area contributed by atoms with Gasteiger partial charge in [-0.3, -0.25) is 0 Å². The highest BCUT2D eigenvalue weighted by atomic mass is 32.1. The monoisotopic (exact) mass is 283 g/mol. The van der Waals surface area contributed by atoms with Gasteiger partial charge >= 0.3 is 0 Å². The average Bonchev–Trinajstić information content (AvgIpc) is 2.82. The first kappa shape index (κ1) is 14.8. The lowest BCUT2D eigenvalue weighted by molar-refractivity contribution is 0.258. The van der Waals surface area contributed by atoms with Crippen molar-refractivity contribution in [2.24, 2.45) is 0 Å². The lowest BCUT2D eigenvalue weighted by Crippen LogP contribution is -2.45. The molecule has 1 aliphatic heterocycles. The highest BCUT2D eigenvalue weighted by Crippen LogP contribution is 2.30. The number of thiazole rings is 1. The van der Waals surface area contributed by atoms with Gasteiger partial charge in [-0.2, -0.15) is 0 Å². The normalized spacial score (nSPS) is 20.3. The van der Waals surface area contributed by atoms with Crippen LogP contribution in [0.4, 0.5) is 5.13 Å². The number of hydrogen-bond donors (Lipinski definition) is 1. The Kier molecular flexibility index (Phi) is 5.19. The molecule has 2 heterocycles. The summed E-state index contributed by atoms with van der Waals surface area (Å²) in [4.78, 5) is 10.5.